The molecule has 4 nitrogen and oxygen atoms in total. The molecule has 1 N–H and O–H groups in total. The molecule has 0 radical (unpaired) electrons. The van der Waals surface area contributed by atoms with Gasteiger partial charge in [-0.05, 0) is 72.0 Å². The molecule has 2 atom stereocenters. The summed E-state index contributed by atoms with van der Waals surface area (Å²) in [5.41, 5.74) is -3.19. The summed E-state index contributed by atoms with van der Waals surface area (Å²) in [6.07, 6.45) is -16.4. The van der Waals surface area contributed by atoms with Gasteiger partial charge in [0.05, 0.1) is 23.8 Å². The second kappa shape index (κ2) is 12.9. The van der Waals surface area contributed by atoms with E-state index in [-0.39, 0.29) is 29.6 Å². The highest BCUT2D eigenvalue weighted by atomic mass is 19.4. The normalized spacial score (nSPS) is 14.0. The molecule has 0 heterocycles. The second-order valence-electron chi connectivity index (χ2n) is 10.2. The van der Waals surface area contributed by atoms with Gasteiger partial charge >= 0.3 is 18.5 Å². The Kier molecular flexibility index (Phi) is 10.1. The number of ether oxygens (including phenoxy) is 2. The van der Waals surface area contributed by atoms with Gasteiger partial charge in [-0.1, -0.05) is 26.0 Å². The third-order valence-electron chi connectivity index (χ3n) is 6.80. The molecule has 0 aliphatic carbocycles. The van der Waals surface area contributed by atoms with Crippen LogP contribution in [0.1, 0.15) is 66.2 Å². The van der Waals surface area contributed by atoms with Crippen molar-refractivity contribution in [3.05, 3.63) is 88.0 Å². The van der Waals surface area contributed by atoms with Gasteiger partial charge in [0.1, 0.15) is 11.9 Å². The van der Waals surface area contributed by atoms with Crippen molar-refractivity contribution in [2.75, 3.05) is 7.11 Å². The van der Waals surface area contributed by atoms with Gasteiger partial charge in [0.25, 0.3) is 6.47 Å². The van der Waals surface area contributed by atoms with E-state index in [4.69, 9.17) is 9.47 Å². The van der Waals surface area contributed by atoms with Crippen LogP contribution in [0.3, 0.4) is 0 Å². The number of nitrogens with one attached hydrogen (secondary N) is 1. The van der Waals surface area contributed by atoms with Crippen molar-refractivity contribution >= 4 is 6.47 Å². The summed E-state index contributed by atoms with van der Waals surface area (Å²) in [7, 11) is 1.37. The van der Waals surface area contributed by atoms with Gasteiger partial charge in [0, 0.05) is 23.7 Å². The Labute approximate surface area is 241 Å². The quantitative estimate of drug-likeness (QED) is 0.181. The van der Waals surface area contributed by atoms with Crippen LogP contribution in [0, 0.1) is 0 Å². The van der Waals surface area contributed by atoms with Crippen molar-refractivity contribution in [2.45, 2.75) is 63.9 Å². The van der Waals surface area contributed by atoms with Crippen LogP contribution < -0.4 is 10.1 Å². The van der Waals surface area contributed by atoms with Gasteiger partial charge < -0.3 is 14.8 Å². The van der Waals surface area contributed by atoms with E-state index in [0.717, 1.165) is 17.7 Å². The fourth-order valence-corrected chi connectivity index (χ4v) is 4.54. The molecule has 3 rings (SSSR count). The van der Waals surface area contributed by atoms with Crippen LogP contribution in [0.5, 0.6) is 5.75 Å². The van der Waals surface area contributed by atoms with Gasteiger partial charge in [0.2, 0.25) is 0 Å². The first-order valence-corrected chi connectivity index (χ1v) is 12.9. The second-order valence-corrected chi connectivity index (χ2v) is 10.2. The smallest absolute Gasteiger partial charge is 0.416 e. The lowest BCUT2D eigenvalue weighted by Gasteiger charge is -2.27. The number of methoxy groups -OCH3 is 1. The Balaban J connectivity index is 2.11. The molecule has 0 unspecified atom stereocenters. The van der Waals surface area contributed by atoms with Gasteiger partial charge in [-0.2, -0.15) is 39.5 Å². The van der Waals surface area contributed by atoms with Crippen molar-refractivity contribution in [1.29, 1.82) is 0 Å². The molecule has 0 amide bonds. The molecule has 3 aromatic rings. The molecule has 0 aromatic heterocycles. The van der Waals surface area contributed by atoms with Gasteiger partial charge in [-0.15, -0.1) is 0 Å². The molecule has 0 spiro atoms. The number of benzene rings is 3. The number of alkyl halides is 9. The van der Waals surface area contributed by atoms with E-state index in [1.807, 2.05) is 13.8 Å². The zero-order chi connectivity index (χ0) is 32.3. The van der Waals surface area contributed by atoms with Gasteiger partial charge in [-0.25, -0.2) is 0 Å². The van der Waals surface area contributed by atoms with Crippen molar-refractivity contribution in [1.82, 2.24) is 5.32 Å². The van der Waals surface area contributed by atoms with Crippen LogP contribution in [-0.2, 0) is 34.6 Å². The number of carbonyl (C=O) groups excluding carboxylic acids is 1. The molecule has 0 saturated heterocycles. The highest BCUT2D eigenvalue weighted by Crippen LogP contribution is 2.42. The molecule has 0 aliphatic rings. The average Bonchev–Trinajstić information content (AvgIpc) is 2.92. The summed E-state index contributed by atoms with van der Waals surface area (Å²) in [5.74, 6) is 0.332. The Bertz CT molecular complexity index is 1400. The molecule has 0 fully saturated rings. The lowest BCUT2D eigenvalue weighted by molar-refractivity contribution is -0.143. The lowest BCUT2D eigenvalue weighted by Crippen LogP contribution is -2.33. The molecule has 0 aliphatic heterocycles. The molecule has 0 saturated carbocycles. The maximum Gasteiger partial charge on any atom is 0.416 e. The lowest BCUT2D eigenvalue weighted by atomic mass is 9.89. The summed E-state index contributed by atoms with van der Waals surface area (Å²) in [6.45, 7) is 4.62. The molecule has 43 heavy (non-hydrogen) atoms. The highest BCUT2D eigenvalue weighted by molar-refractivity contribution is 5.75. The molecule has 13 heteroatoms. The maximum atomic E-state index is 13.8. The molecule has 234 valence electrons. The minimum Gasteiger partial charge on any atom is -0.496 e. The topological polar surface area (TPSA) is 47.6 Å². The van der Waals surface area contributed by atoms with E-state index in [9.17, 15) is 44.3 Å². The standard InChI is InChI=1S/C30H28F9NO3/c1-16(2)19-5-8-26(42-4)24(11-19)23-7-6-20(28(31,32)33)13-25(23)27(43-15-41)17(3)40-14-18-9-21(29(34,35)36)12-22(10-18)30(37,38)39/h5-13,15-17,27,40H,14H2,1-4H3/t17-,27-/m0/s1. The van der Waals surface area contributed by atoms with E-state index in [1.165, 1.54) is 20.1 Å². The Morgan fingerprint density at radius 1 is 0.744 bits per heavy atom. The SMILES string of the molecule is COc1ccc(C(C)C)cc1-c1ccc(C(F)(F)F)cc1[C@@H](OC=O)[C@H](C)NCc1cc(C(F)(F)F)cc(C(F)(F)F)c1. The summed E-state index contributed by atoms with van der Waals surface area (Å²) in [5, 5.41) is 2.70. The van der Waals surface area contributed by atoms with Crippen LogP contribution in [0.15, 0.2) is 54.6 Å². The first-order valence-electron chi connectivity index (χ1n) is 12.9. The number of hydrogen-bond acceptors (Lipinski definition) is 4. The third-order valence-corrected chi connectivity index (χ3v) is 6.80. The summed E-state index contributed by atoms with van der Waals surface area (Å²) < 4.78 is 132. The first kappa shape index (κ1) is 33.8. The van der Waals surface area contributed by atoms with E-state index in [2.05, 4.69) is 5.32 Å². The fraction of sp³-hybridized carbons (Fsp3) is 0.367. The fourth-order valence-electron chi connectivity index (χ4n) is 4.54. The zero-order valence-corrected chi connectivity index (χ0v) is 23.3. The first-order chi connectivity index (χ1) is 19.9. The summed E-state index contributed by atoms with van der Waals surface area (Å²) >= 11 is 0. The highest BCUT2D eigenvalue weighted by Gasteiger charge is 2.37. The van der Waals surface area contributed by atoms with E-state index in [0.29, 0.717) is 23.4 Å². The van der Waals surface area contributed by atoms with E-state index in [1.54, 1.807) is 18.2 Å². The third kappa shape index (κ3) is 8.21. The predicted molar refractivity (Wildman–Crippen MR) is 140 cm³/mol. The average molecular weight is 622 g/mol. The van der Waals surface area contributed by atoms with Crippen LogP contribution >= 0.6 is 0 Å². The summed E-state index contributed by atoms with van der Waals surface area (Å²) in [4.78, 5) is 11.5. The zero-order valence-electron chi connectivity index (χ0n) is 23.3. The Hall–Kier alpha value is -3.74. The predicted octanol–water partition coefficient (Wildman–Crippen LogP) is 8.93. The number of halogens is 9. The van der Waals surface area contributed by atoms with Crippen LogP contribution in [0.4, 0.5) is 39.5 Å². The number of carbonyl (C=O) groups is 1. The van der Waals surface area contributed by atoms with Crippen LogP contribution in [0.2, 0.25) is 0 Å². The van der Waals surface area contributed by atoms with Gasteiger partial charge in [0.15, 0.2) is 0 Å². The van der Waals surface area contributed by atoms with Crippen molar-refractivity contribution in [2.24, 2.45) is 0 Å². The van der Waals surface area contributed by atoms with Crippen molar-refractivity contribution in [3.63, 3.8) is 0 Å². The maximum absolute atomic E-state index is 13.8. The van der Waals surface area contributed by atoms with Crippen molar-refractivity contribution < 1.29 is 53.8 Å². The number of rotatable bonds is 10. The van der Waals surface area contributed by atoms with Gasteiger partial charge in [-0.3, -0.25) is 4.79 Å². The largest absolute Gasteiger partial charge is 0.496 e. The Morgan fingerprint density at radius 2 is 1.33 bits per heavy atom. The summed E-state index contributed by atoms with van der Waals surface area (Å²) in [6, 6.07) is 7.91. The number of hydrogen-bond donors (Lipinski definition) is 1. The molecular formula is C30H28F9NO3. The molecular weight excluding hydrogens is 593 g/mol. The van der Waals surface area contributed by atoms with E-state index >= 15 is 0 Å². The van der Waals surface area contributed by atoms with Crippen LogP contribution in [-0.4, -0.2) is 19.6 Å². The minimum absolute atomic E-state index is 0.000687. The minimum atomic E-state index is -5.07. The van der Waals surface area contributed by atoms with Crippen LogP contribution in [0.25, 0.3) is 11.1 Å². The molecule has 3 aromatic carbocycles. The van der Waals surface area contributed by atoms with E-state index < -0.39 is 59.5 Å². The Morgan fingerprint density at radius 3 is 1.81 bits per heavy atom. The monoisotopic (exact) mass is 621 g/mol. The van der Waals surface area contributed by atoms with Crippen molar-refractivity contribution in [3.8, 4) is 16.9 Å². The molecule has 0 bridgehead atoms.